The Morgan fingerprint density at radius 3 is 2.28 bits per heavy atom. The van der Waals surface area contributed by atoms with Crippen molar-refractivity contribution in [3.8, 4) is 17.5 Å². The molecule has 0 aliphatic carbocycles. The molecule has 0 fully saturated rings. The molecule has 0 aliphatic heterocycles. The topological polar surface area (TPSA) is 119 Å². The smallest absolute Gasteiger partial charge is 0.492 e. The van der Waals surface area contributed by atoms with Crippen molar-refractivity contribution in [1.82, 2.24) is 10.0 Å². The summed E-state index contributed by atoms with van der Waals surface area (Å²) in [5, 5.41) is 21.4. The zero-order valence-electron chi connectivity index (χ0n) is 13.6. The van der Waals surface area contributed by atoms with Gasteiger partial charge in [0.05, 0.1) is 6.10 Å². The van der Waals surface area contributed by atoms with E-state index in [0.29, 0.717) is 16.8 Å². The third kappa shape index (κ3) is 4.88. The molecule has 1 heterocycles. The Morgan fingerprint density at radius 1 is 1.12 bits per heavy atom. The molecule has 1 aromatic heterocycles. The van der Waals surface area contributed by atoms with Gasteiger partial charge in [0.1, 0.15) is 5.75 Å². The molecule has 0 aliphatic rings. The molecule has 1 aromatic carbocycles. The second kappa shape index (κ2) is 8.06. The molecular formula is C16H18N2O7. The van der Waals surface area contributed by atoms with Crippen LogP contribution in [-0.4, -0.2) is 46.8 Å². The van der Waals surface area contributed by atoms with Gasteiger partial charge >= 0.3 is 6.16 Å². The number of hydrogen-bond acceptors (Lipinski definition) is 7. The number of nitrogens with one attached hydrogen (secondary N) is 1. The van der Waals surface area contributed by atoms with Gasteiger partial charge in [-0.25, -0.2) is 4.79 Å². The van der Waals surface area contributed by atoms with Crippen LogP contribution in [0.15, 0.2) is 36.4 Å². The van der Waals surface area contributed by atoms with Crippen molar-refractivity contribution in [2.45, 2.75) is 13.0 Å². The van der Waals surface area contributed by atoms with Gasteiger partial charge in [-0.15, -0.1) is 4.73 Å². The summed E-state index contributed by atoms with van der Waals surface area (Å²) in [5.41, 5.74) is 0.379. The van der Waals surface area contributed by atoms with Crippen molar-refractivity contribution in [3.05, 3.63) is 42.0 Å². The van der Waals surface area contributed by atoms with Gasteiger partial charge < -0.3 is 25.0 Å². The molecule has 1 amide bonds. The van der Waals surface area contributed by atoms with Gasteiger partial charge in [-0.2, -0.15) is 0 Å². The van der Waals surface area contributed by atoms with Gasteiger partial charge in [0, 0.05) is 31.4 Å². The summed E-state index contributed by atoms with van der Waals surface area (Å²) in [4.78, 5) is 28.2. The molecule has 9 nitrogen and oxygen atoms in total. The van der Waals surface area contributed by atoms with Crippen LogP contribution in [0.2, 0.25) is 0 Å². The third-order valence-electron chi connectivity index (χ3n) is 3.23. The maximum absolute atomic E-state index is 11.9. The number of rotatable bonds is 6. The fourth-order valence-corrected chi connectivity index (χ4v) is 1.78. The minimum Gasteiger partial charge on any atom is -0.492 e. The molecule has 0 bridgehead atoms. The lowest BCUT2D eigenvalue weighted by Gasteiger charge is -2.11. The number of benzene rings is 1. The second-order valence-electron chi connectivity index (χ2n) is 5.07. The molecule has 0 saturated heterocycles. The van der Waals surface area contributed by atoms with Gasteiger partial charge in [0.2, 0.25) is 11.8 Å². The van der Waals surface area contributed by atoms with E-state index in [0.717, 1.165) is 12.1 Å². The van der Waals surface area contributed by atoms with Crippen LogP contribution < -0.4 is 14.9 Å². The number of amides is 1. The first-order chi connectivity index (χ1) is 11.9. The number of carbonyl (C=O) groups excluding carboxylic acids is 2. The van der Waals surface area contributed by atoms with E-state index in [-0.39, 0.29) is 17.8 Å². The van der Waals surface area contributed by atoms with E-state index >= 15 is 0 Å². The number of methoxy groups -OCH3 is 1. The summed E-state index contributed by atoms with van der Waals surface area (Å²) in [6, 6.07) is 8.04. The van der Waals surface area contributed by atoms with Gasteiger partial charge in [-0.1, -0.05) is 0 Å². The molecule has 3 N–H and O–H groups in total. The predicted molar refractivity (Wildman–Crippen MR) is 85.6 cm³/mol. The second-order valence-corrected chi connectivity index (χ2v) is 5.07. The highest BCUT2D eigenvalue weighted by Crippen LogP contribution is 2.19. The van der Waals surface area contributed by atoms with E-state index in [4.69, 9.17) is 9.47 Å². The van der Waals surface area contributed by atoms with Gasteiger partial charge in [-0.05, 0) is 31.2 Å². The Balaban J connectivity index is 1.91. The maximum atomic E-state index is 11.9. The summed E-state index contributed by atoms with van der Waals surface area (Å²) < 4.78 is 10.4. The molecule has 25 heavy (non-hydrogen) atoms. The third-order valence-corrected chi connectivity index (χ3v) is 3.23. The molecule has 0 spiro atoms. The number of carbonyl (C=O) groups is 2. The molecule has 9 heteroatoms. The van der Waals surface area contributed by atoms with E-state index < -0.39 is 17.9 Å². The normalized spacial score (nSPS) is 11.6. The Bertz CT molecular complexity index is 720. The average molecular weight is 350 g/mol. The van der Waals surface area contributed by atoms with Crippen molar-refractivity contribution in [2.75, 3.05) is 13.7 Å². The summed E-state index contributed by atoms with van der Waals surface area (Å²) in [6.07, 6.45) is -1.28. The summed E-state index contributed by atoms with van der Waals surface area (Å²) in [5.74, 6) is -1.10. The number of hydrogen-bond donors (Lipinski definition) is 3. The summed E-state index contributed by atoms with van der Waals surface area (Å²) in [6.45, 7) is 2.19. The van der Waals surface area contributed by atoms with Crippen LogP contribution in [0.4, 0.5) is 4.79 Å². The van der Waals surface area contributed by atoms with Crippen molar-refractivity contribution in [1.29, 1.82) is 0 Å². The van der Waals surface area contributed by atoms with Crippen molar-refractivity contribution in [3.63, 3.8) is 0 Å². The monoisotopic (exact) mass is 350 g/mol. The summed E-state index contributed by atoms with van der Waals surface area (Å²) >= 11 is 0. The first kappa shape index (κ1) is 18.1. The Kier molecular flexibility index (Phi) is 5.85. The number of nitrogens with zero attached hydrogens (tertiary/aromatic N) is 1. The van der Waals surface area contributed by atoms with Crippen LogP contribution >= 0.6 is 0 Å². The Hall–Kier alpha value is -3.20. The first-order valence-corrected chi connectivity index (χ1v) is 7.31. The molecule has 134 valence electrons. The largest absolute Gasteiger partial charge is 0.539 e. The zero-order chi connectivity index (χ0) is 18.4. The lowest BCUT2D eigenvalue weighted by molar-refractivity contribution is 0.0708. The van der Waals surface area contributed by atoms with Crippen molar-refractivity contribution in [2.24, 2.45) is 0 Å². The predicted octanol–water partition coefficient (Wildman–Crippen LogP) is 1.29. The molecule has 1 unspecified atom stereocenters. The molecule has 0 radical (unpaired) electrons. The first-order valence-electron chi connectivity index (χ1n) is 7.31. The fourth-order valence-electron chi connectivity index (χ4n) is 1.78. The van der Waals surface area contributed by atoms with Crippen LogP contribution in [0.1, 0.15) is 17.3 Å². The van der Waals surface area contributed by atoms with E-state index in [1.165, 1.54) is 24.3 Å². The van der Waals surface area contributed by atoms with Crippen molar-refractivity contribution >= 4 is 12.1 Å². The Labute approximate surface area is 143 Å². The fraction of sp³-hybridized carbons (Fsp3) is 0.250. The minimum atomic E-state index is -1.17. The van der Waals surface area contributed by atoms with Crippen LogP contribution in [-0.2, 0) is 4.74 Å². The van der Waals surface area contributed by atoms with Crippen LogP contribution in [0.5, 0.6) is 17.5 Å². The highest BCUT2D eigenvalue weighted by molar-refractivity contribution is 5.94. The number of aromatic hydroxyl groups is 2. The van der Waals surface area contributed by atoms with Crippen LogP contribution in [0.25, 0.3) is 0 Å². The highest BCUT2D eigenvalue weighted by Gasteiger charge is 2.14. The lowest BCUT2D eigenvalue weighted by Crippen LogP contribution is -2.31. The molecule has 2 aromatic rings. The average Bonchev–Trinajstić information content (AvgIpc) is 2.91. The molecule has 2 rings (SSSR count). The number of aromatic nitrogens is 1. The summed E-state index contributed by atoms with van der Waals surface area (Å²) in [7, 11) is 1.55. The molecule has 1 atom stereocenters. The van der Waals surface area contributed by atoms with E-state index in [9.17, 15) is 19.8 Å². The lowest BCUT2D eigenvalue weighted by atomic mass is 10.2. The number of ether oxygens (including phenoxy) is 2. The van der Waals surface area contributed by atoms with Crippen LogP contribution in [0, 0.1) is 0 Å². The van der Waals surface area contributed by atoms with Gasteiger partial charge in [0.15, 0.2) is 0 Å². The standard InChI is InChI=1S/C16H18N2O7/c1-10(23-2)9-17-15(21)11-3-5-12(6-4-11)24-16(22)25-18-13(19)7-8-14(18)20/h3-8,10,19-20H,9H2,1-2H3,(H,17,21). The Morgan fingerprint density at radius 2 is 1.72 bits per heavy atom. The van der Waals surface area contributed by atoms with Crippen LogP contribution in [0.3, 0.4) is 0 Å². The zero-order valence-corrected chi connectivity index (χ0v) is 13.6. The molecule has 0 saturated carbocycles. The van der Waals surface area contributed by atoms with Gasteiger partial charge in [0.25, 0.3) is 5.91 Å². The quantitative estimate of drug-likeness (QED) is 0.530. The minimum absolute atomic E-state index is 0.108. The van der Waals surface area contributed by atoms with Crippen molar-refractivity contribution < 1.29 is 34.1 Å². The SMILES string of the molecule is COC(C)CNC(=O)c1ccc(OC(=O)On2c(O)ccc2O)cc1. The molecular weight excluding hydrogens is 332 g/mol. The van der Waals surface area contributed by atoms with Gasteiger partial charge in [-0.3, -0.25) is 9.63 Å². The highest BCUT2D eigenvalue weighted by atomic mass is 16.8. The van der Waals surface area contributed by atoms with E-state index in [1.807, 2.05) is 6.92 Å². The maximum Gasteiger partial charge on any atom is 0.539 e. The van der Waals surface area contributed by atoms with E-state index in [2.05, 4.69) is 10.2 Å². The van der Waals surface area contributed by atoms with E-state index in [1.54, 1.807) is 7.11 Å².